The molecule has 1 aliphatic heterocycles. The maximum Gasteiger partial charge on any atom is 0.228 e. The predicted molar refractivity (Wildman–Crippen MR) is 146 cm³/mol. The zero-order valence-corrected chi connectivity index (χ0v) is 21.3. The lowest BCUT2D eigenvalue weighted by Gasteiger charge is -2.29. The molecule has 8 heteroatoms. The average molecular weight is 521 g/mol. The zero-order chi connectivity index (χ0) is 25.8. The van der Waals surface area contributed by atoms with Crippen molar-refractivity contribution < 1.29 is 14.2 Å². The summed E-state index contributed by atoms with van der Waals surface area (Å²) < 4.78 is 19.3. The van der Waals surface area contributed by atoms with Gasteiger partial charge in [-0.05, 0) is 58.8 Å². The van der Waals surface area contributed by atoms with Gasteiger partial charge in [-0.15, -0.1) is 5.10 Å². The molecule has 0 radical (unpaired) electrons. The van der Waals surface area contributed by atoms with Crippen LogP contribution >= 0.6 is 11.6 Å². The summed E-state index contributed by atoms with van der Waals surface area (Å²) in [6.07, 6.45) is 1.64. The summed E-state index contributed by atoms with van der Waals surface area (Å²) in [5, 5.41) is 7.59. The molecule has 0 aliphatic carbocycles. The Labute approximate surface area is 223 Å². The Morgan fingerprint density at radius 3 is 2.50 bits per heavy atom. The van der Waals surface area contributed by atoms with Gasteiger partial charge in [-0.3, -0.25) is 0 Å². The van der Waals surface area contributed by atoms with E-state index in [1.165, 1.54) is 0 Å². The van der Waals surface area contributed by atoms with Crippen LogP contribution in [0, 0.1) is 0 Å². The highest BCUT2D eigenvalue weighted by molar-refractivity contribution is 6.30. The Morgan fingerprint density at radius 1 is 0.868 bits per heavy atom. The van der Waals surface area contributed by atoms with Crippen molar-refractivity contribution in [1.82, 2.24) is 19.6 Å². The van der Waals surface area contributed by atoms with Crippen LogP contribution in [0.2, 0.25) is 5.02 Å². The third-order valence-corrected chi connectivity index (χ3v) is 7.20. The molecular formula is C30H21ClN4O3. The van der Waals surface area contributed by atoms with Crippen LogP contribution in [0.3, 0.4) is 0 Å². The van der Waals surface area contributed by atoms with Crippen LogP contribution in [0.4, 0.5) is 0 Å². The number of aromatic nitrogens is 4. The maximum absolute atomic E-state index is 6.41. The van der Waals surface area contributed by atoms with E-state index in [2.05, 4.69) is 23.2 Å². The van der Waals surface area contributed by atoms with Gasteiger partial charge in [-0.1, -0.05) is 48.0 Å². The molecule has 0 bridgehead atoms. The van der Waals surface area contributed by atoms with Crippen molar-refractivity contribution in [2.75, 3.05) is 14.2 Å². The summed E-state index contributed by atoms with van der Waals surface area (Å²) in [4.78, 5) is 9.62. The first-order valence-corrected chi connectivity index (χ1v) is 12.4. The van der Waals surface area contributed by atoms with Crippen molar-refractivity contribution in [2.45, 2.75) is 5.92 Å². The van der Waals surface area contributed by atoms with E-state index in [1.807, 2.05) is 60.7 Å². The molecule has 0 spiro atoms. The van der Waals surface area contributed by atoms with Crippen molar-refractivity contribution in [3.05, 3.63) is 107 Å². The van der Waals surface area contributed by atoms with Crippen LogP contribution in [0.25, 0.3) is 27.8 Å². The number of benzene rings is 4. The van der Waals surface area contributed by atoms with Crippen LogP contribution in [0.1, 0.15) is 22.6 Å². The van der Waals surface area contributed by atoms with E-state index in [4.69, 9.17) is 35.9 Å². The van der Waals surface area contributed by atoms with E-state index in [0.717, 1.165) is 38.8 Å². The van der Waals surface area contributed by atoms with Crippen molar-refractivity contribution in [3.63, 3.8) is 0 Å². The third kappa shape index (κ3) is 3.47. The van der Waals surface area contributed by atoms with Crippen LogP contribution in [0.5, 0.6) is 23.1 Å². The number of rotatable bonds is 4. The number of halogens is 1. The minimum absolute atomic E-state index is 0.252. The third-order valence-electron chi connectivity index (χ3n) is 6.94. The van der Waals surface area contributed by atoms with Gasteiger partial charge in [0.15, 0.2) is 23.0 Å². The van der Waals surface area contributed by atoms with E-state index < -0.39 is 0 Å². The summed E-state index contributed by atoms with van der Waals surface area (Å²) >= 11 is 6.11. The SMILES string of the molecule is COc1ccc(C2c3c(ccc4ccccc34)Oc3ncn4nc(-c5ccc(Cl)cc5)nc4c32)cc1OC. The first-order valence-electron chi connectivity index (χ1n) is 12.1. The second-order valence-corrected chi connectivity index (χ2v) is 9.46. The van der Waals surface area contributed by atoms with Crippen molar-refractivity contribution in [2.24, 2.45) is 0 Å². The minimum atomic E-state index is -0.252. The zero-order valence-electron chi connectivity index (χ0n) is 20.6. The molecule has 6 aromatic rings. The smallest absolute Gasteiger partial charge is 0.228 e. The fraction of sp³-hybridized carbons (Fsp3) is 0.100. The highest BCUT2D eigenvalue weighted by atomic mass is 35.5. The molecule has 0 saturated carbocycles. The molecule has 2 aromatic heterocycles. The van der Waals surface area contributed by atoms with E-state index in [9.17, 15) is 0 Å². The molecule has 0 N–H and O–H groups in total. The van der Waals surface area contributed by atoms with Gasteiger partial charge in [0, 0.05) is 22.1 Å². The van der Waals surface area contributed by atoms with Crippen molar-refractivity contribution in [1.29, 1.82) is 0 Å². The molecular weight excluding hydrogens is 500 g/mol. The highest BCUT2D eigenvalue weighted by Crippen LogP contribution is 2.51. The number of methoxy groups -OCH3 is 2. The Morgan fingerprint density at radius 2 is 1.68 bits per heavy atom. The first-order chi connectivity index (χ1) is 18.6. The second-order valence-electron chi connectivity index (χ2n) is 9.02. The second kappa shape index (κ2) is 8.75. The van der Waals surface area contributed by atoms with Gasteiger partial charge < -0.3 is 14.2 Å². The number of ether oxygens (including phenoxy) is 3. The Balaban J connectivity index is 1.53. The van der Waals surface area contributed by atoms with Crippen LogP contribution in [-0.4, -0.2) is 33.8 Å². The molecule has 1 unspecified atom stereocenters. The van der Waals surface area contributed by atoms with E-state index >= 15 is 0 Å². The molecule has 7 nitrogen and oxygen atoms in total. The first kappa shape index (κ1) is 22.6. The van der Waals surface area contributed by atoms with Gasteiger partial charge in [-0.2, -0.15) is 0 Å². The van der Waals surface area contributed by atoms with E-state index in [0.29, 0.717) is 33.9 Å². The number of nitrogens with zero attached hydrogens (tertiary/aromatic N) is 4. The molecule has 0 saturated heterocycles. The summed E-state index contributed by atoms with van der Waals surface area (Å²) in [5.74, 6) is 2.87. The van der Waals surface area contributed by atoms with Gasteiger partial charge in [0.1, 0.15) is 12.1 Å². The topological polar surface area (TPSA) is 70.8 Å². The van der Waals surface area contributed by atoms with Gasteiger partial charge in [0.25, 0.3) is 0 Å². The largest absolute Gasteiger partial charge is 0.493 e. The molecule has 0 amide bonds. The fourth-order valence-corrected chi connectivity index (χ4v) is 5.32. The van der Waals surface area contributed by atoms with Gasteiger partial charge in [0.2, 0.25) is 5.88 Å². The summed E-state index contributed by atoms with van der Waals surface area (Å²) in [5.41, 5.74) is 4.39. The molecule has 186 valence electrons. The summed E-state index contributed by atoms with van der Waals surface area (Å²) in [6, 6.07) is 25.8. The number of fused-ring (bicyclic) bond motifs is 6. The van der Waals surface area contributed by atoms with E-state index in [-0.39, 0.29) is 5.92 Å². The summed E-state index contributed by atoms with van der Waals surface area (Å²) in [6.45, 7) is 0. The van der Waals surface area contributed by atoms with Gasteiger partial charge >= 0.3 is 0 Å². The molecule has 1 aliphatic rings. The standard InChI is InChI=1S/C30H21ClN4O3/c1-36-22-13-10-19(15-24(22)37-2)25-26-21-6-4-3-5-17(21)9-14-23(26)38-30-27(25)29-33-28(34-35(29)16-32-30)18-7-11-20(31)12-8-18/h3-16,25H,1-2H3. The maximum atomic E-state index is 6.41. The molecule has 4 aromatic carbocycles. The monoisotopic (exact) mass is 520 g/mol. The Hall–Kier alpha value is -4.62. The quantitative estimate of drug-likeness (QED) is 0.251. The van der Waals surface area contributed by atoms with E-state index in [1.54, 1.807) is 25.1 Å². The van der Waals surface area contributed by atoms with Crippen molar-refractivity contribution >= 4 is 28.0 Å². The van der Waals surface area contributed by atoms with Crippen LogP contribution < -0.4 is 14.2 Å². The fourth-order valence-electron chi connectivity index (χ4n) is 5.19. The number of hydrogen-bond acceptors (Lipinski definition) is 6. The lowest BCUT2D eigenvalue weighted by molar-refractivity contribution is 0.354. The number of hydrogen-bond donors (Lipinski definition) is 0. The molecule has 0 fully saturated rings. The molecule has 7 rings (SSSR count). The normalized spacial score (nSPS) is 14.1. The predicted octanol–water partition coefficient (Wildman–Crippen LogP) is 6.90. The van der Waals surface area contributed by atoms with Crippen molar-refractivity contribution in [3.8, 4) is 34.5 Å². The van der Waals surface area contributed by atoms with Crippen LogP contribution in [0.15, 0.2) is 85.2 Å². The highest BCUT2D eigenvalue weighted by Gasteiger charge is 2.35. The Kier molecular flexibility index (Phi) is 5.19. The van der Waals surface area contributed by atoms with Gasteiger partial charge in [-0.25, -0.2) is 14.5 Å². The minimum Gasteiger partial charge on any atom is -0.493 e. The lowest BCUT2D eigenvalue weighted by atomic mass is 9.81. The average Bonchev–Trinajstić information content (AvgIpc) is 3.40. The summed E-state index contributed by atoms with van der Waals surface area (Å²) in [7, 11) is 3.27. The molecule has 38 heavy (non-hydrogen) atoms. The lowest BCUT2D eigenvalue weighted by Crippen LogP contribution is -2.15. The molecule has 3 heterocycles. The Bertz CT molecular complexity index is 1850. The molecule has 1 atom stereocenters. The van der Waals surface area contributed by atoms with Gasteiger partial charge in [0.05, 0.1) is 19.8 Å². The van der Waals surface area contributed by atoms with Crippen LogP contribution in [-0.2, 0) is 0 Å².